The highest BCUT2D eigenvalue weighted by atomic mass is 16.6. The molecule has 0 bridgehead atoms. The molecule has 2 heterocycles. The Bertz CT molecular complexity index is 993. The Hall–Kier alpha value is -3.36. The fourth-order valence-electron chi connectivity index (χ4n) is 2.86. The second-order valence-electron chi connectivity index (χ2n) is 6.10. The van der Waals surface area contributed by atoms with E-state index in [4.69, 9.17) is 15.0 Å². The molecule has 0 unspecified atom stereocenters. The topological polar surface area (TPSA) is 139 Å². The van der Waals surface area contributed by atoms with Gasteiger partial charge in [0, 0.05) is 16.7 Å². The molecule has 1 aliphatic heterocycles. The monoisotopic (exact) mass is 371 g/mol. The Morgan fingerprint density at radius 3 is 2.85 bits per heavy atom. The summed E-state index contributed by atoms with van der Waals surface area (Å²) in [6, 6.07) is 7.81. The Morgan fingerprint density at radius 2 is 2.15 bits per heavy atom. The molecule has 1 aliphatic rings. The Labute approximate surface area is 153 Å². The third-order valence-electron chi connectivity index (χ3n) is 4.20. The fraction of sp³-hybridized carbons (Fsp3) is 0.353. The predicted octanol–water partition coefficient (Wildman–Crippen LogP) is 1.67. The Kier molecular flexibility index (Phi) is 5.39. The van der Waals surface area contributed by atoms with Crippen LogP contribution in [0, 0.1) is 6.92 Å². The molecule has 0 amide bonds. The van der Waals surface area contributed by atoms with Gasteiger partial charge in [0.1, 0.15) is 12.8 Å². The quantitative estimate of drug-likeness (QED) is 0.368. The van der Waals surface area contributed by atoms with Crippen molar-refractivity contribution in [3.63, 3.8) is 0 Å². The lowest BCUT2D eigenvalue weighted by Gasteiger charge is -2.18. The van der Waals surface area contributed by atoms with Gasteiger partial charge in [-0.1, -0.05) is 23.3 Å². The summed E-state index contributed by atoms with van der Waals surface area (Å²) < 4.78 is 12.2. The maximum absolute atomic E-state index is 12.1. The van der Waals surface area contributed by atoms with E-state index in [1.807, 2.05) is 0 Å². The highest BCUT2D eigenvalue weighted by molar-refractivity contribution is 5.89. The van der Waals surface area contributed by atoms with Gasteiger partial charge in [0.05, 0.1) is 17.7 Å². The van der Waals surface area contributed by atoms with Gasteiger partial charge in [0.2, 0.25) is 0 Å². The summed E-state index contributed by atoms with van der Waals surface area (Å²) in [5.41, 5.74) is 8.34. The van der Waals surface area contributed by atoms with Gasteiger partial charge in [-0.05, 0) is 31.0 Å². The normalized spacial score (nSPS) is 21.4. The van der Waals surface area contributed by atoms with Crippen LogP contribution in [0.3, 0.4) is 0 Å². The summed E-state index contributed by atoms with van der Waals surface area (Å²) in [5.74, 6) is -0.500. The molecule has 140 valence electrons. The van der Waals surface area contributed by atoms with E-state index in [1.54, 1.807) is 37.3 Å². The van der Waals surface area contributed by atoms with Crippen molar-refractivity contribution in [2.75, 3.05) is 6.61 Å². The molecule has 3 rings (SSSR count). The number of carbonyl (C=O) groups excluding carboxylic acids is 1. The molecule has 2 aromatic rings. The third-order valence-corrected chi connectivity index (χ3v) is 4.20. The number of aryl methyl sites for hydroxylation is 1. The standard InChI is InChI=1S/C17H17N5O5/c1-10-8-22(17(25)19-14(10)23)15-13(20-21-18)7-12(27-15)9-26-16(24)11-5-3-2-4-6-11/h2-6,8,12-13,15H,7,9H2,1H3,(H,19,23,25)/t12-,13+,15+/m0/s1. The number of hydrogen-bond donors (Lipinski definition) is 1. The molecule has 10 nitrogen and oxygen atoms in total. The van der Waals surface area contributed by atoms with E-state index < -0.39 is 35.6 Å². The van der Waals surface area contributed by atoms with E-state index in [9.17, 15) is 14.4 Å². The van der Waals surface area contributed by atoms with Crippen molar-refractivity contribution in [1.29, 1.82) is 0 Å². The van der Waals surface area contributed by atoms with E-state index in [2.05, 4.69) is 15.0 Å². The van der Waals surface area contributed by atoms with E-state index in [0.29, 0.717) is 11.1 Å². The van der Waals surface area contributed by atoms with E-state index in [0.717, 1.165) is 0 Å². The molecule has 0 aliphatic carbocycles. The molecule has 1 saturated heterocycles. The van der Waals surface area contributed by atoms with E-state index >= 15 is 0 Å². The van der Waals surface area contributed by atoms with Crippen LogP contribution in [0.25, 0.3) is 10.4 Å². The number of hydrogen-bond acceptors (Lipinski definition) is 6. The molecule has 10 heteroatoms. The molecule has 1 aromatic carbocycles. The van der Waals surface area contributed by atoms with Crippen molar-refractivity contribution in [3.05, 3.63) is 78.9 Å². The lowest BCUT2D eigenvalue weighted by molar-refractivity contribution is -0.0365. The largest absolute Gasteiger partial charge is 0.459 e. The zero-order valence-electron chi connectivity index (χ0n) is 14.4. The minimum atomic E-state index is -0.899. The number of aromatic amines is 1. The maximum Gasteiger partial charge on any atom is 0.338 e. The minimum absolute atomic E-state index is 0.0568. The summed E-state index contributed by atoms with van der Waals surface area (Å²) in [5, 5.41) is 3.67. The van der Waals surface area contributed by atoms with E-state index in [1.165, 1.54) is 10.8 Å². The number of nitrogens with one attached hydrogen (secondary N) is 1. The lowest BCUT2D eigenvalue weighted by atomic mass is 10.1. The molecule has 0 spiro atoms. The van der Waals surface area contributed by atoms with Crippen LogP contribution >= 0.6 is 0 Å². The SMILES string of the molecule is Cc1cn([C@@H]2O[C@H](COC(=O)c3ccccc3)C[C@H]2N=[N+]=[N-])c(=O)[nH]c1=O. The smallest absolute Gasteiger partial charge is 0.338 e. The number of benzene rings is 1. The van der Waals surface area contributed by atoms with Crippen LogP contribution in [0.2, 0.25) is 0 Å². The summed E-state index contributed by atoms with van der Waals surface area (Å²) in [6.45, 7) is 1.49. The number of rotatable bonds is 5. The second kappa shape index (κ2) is 7.90. The van der Waals surface area contributed by atoms with Crippen LogP contribution in [0.1, 0.15) is 28.6 Å². The highest BCUT2D eigenvalue weighted by Gasteiger charge is 2.37. The van der Waals surface area contributed by atoms with Crippen LogP contribution in [0.4, 0.5) is 0 Å². The van der Waals surface area contributed by atoms with Crippen LogP contribution in [0.15, 0.2) is 51.2 Å². The molecule has 3 atom stereocenters. The summed E-state index contributed by atoms with van der Waals surface area (Å²) in [4.78, 5) is 40.7. The number of aromatic nitrogens is 2. The Balaban J connectivity index is 1.74. The number of carbonyl (C=O) groups is 1. The van der Waals surface area contributed by atoms with Gasteiger partial charge < -0.3 is 9.47 Å². The predicted molar refractivity (Wildman–Crippen MR) is 94.2 cm³/mol. The van der Waals surface area contributed by atoms with Crippen molar-refractivity contribution >= 4 is 5.97 Å². The van der Waals surface area contributed by atoms with Crippen molar-refractivity contribution in [2.45, 2.75) is 31.7 Å². The first-order valence-electron chi connectivity index (χ1n) is 8.23. The van der Waals surface area contributed by atoms with Crippen molar-refractivity contribution in [2.24, 2.45) is 5.11 Å². The average molecular weight is 371 g/mol. The highest BCUT2D eigenvalue weighted by Crippen LogP contribution is 2.30. The summed E-state index contributed by atoms with van der Waals surface area (Å²) >= 11 is 0. The number of azide groups is 1. The van der Waals surface area contributed by atoms with E-state index in [-0.39, 0.29) is 13.0 Å². The van der Waals surface area contributed by atoms with Crippen molar-refractivity contribution < 1.29 is 14.3 Å². The minimum Gasteiger partial charge on any atom is -0.459 e. The van der Waals surface area contributed by atoms with Gasteiger partial charge in [0.15, 0.2) is 0 Å². The lowest BCUT2D eigenvalue weighted by Crippen LogP contribution is -2.36. The van der Waals surface area contributed by atoms with Crippen LogP contribution in [-0.4, -0.2) is 34.3 Å². The zero-order chi connectivity index (χ0) is 19.4. The van der Waals surface area contributed by atoms with Gasteiger partial charge in [0.25, 0.3) is 5.56 Å². The third kappa shape index (κ3) is 4.08. The van der Waals surface area contributed by atoms with Gasteiger partial charge in [-0.3, -0.25) is 14.3 Å². The average Bonchev–Trinajstić information content (AvgIpc) is 3.06. The van der Waals surface area contributed by atoms with Gasteiger partial charge >= 0.3 is 11.7 Å². The molecule has 0 saturated carbocycles. The molecule has 0 radical (unpaired) electrons. The number of H-pyrrole nitrogens is 1. The first-order valence-corrected chi connectivity index (χ1v) is 8.23. The number of ether oxygens (including phenoxy) is 2. The fourth-order valence-corrected chi connectivity index (χ4v) is 2.86. The number of esters is 1. The molecule has 27 heavy (non-hydrogen) atoms. The van der Waals surface area contributed by atoms with Gasteiger partial charge in [-0.2, -0.15) is 0 Å². The molecule has 1 fully saturated rings. The summed E-state index contributed by atoms with van der Waals surface area (Å²) in [6.07, 6.45) is 0.160. The second-order valence-corrected chi connectivity index (χ2v) is 6.10. The molecular formula is C17H17N5O5. The first kappa shape index (κ1) is 18.4. The van der Waals surface area contributed by atoms with Crippen molar-refractivity contribution in [3.8, 4) is 0 Å². The van der Waals surface area contributed by atoms with Crippen LogP contribution in [-0.2, 0) is 9.47 Å². The zero-order valence-corrected chi connectivity index (χ0v) is 14.4. The number of nitrogens with zero attached hydrogens (tertiary/aromatic N) is 4. The van der Waals surface area contributed by atoms with Crippen LogP contribution in [0.5, 0.6) is 0 Å². The summed E-state index contributed by atoms with van der Waals surface area (Å²) in [7, 11) is 0. The van der Waals surface area contributed by atoms with Crippen molar-refractivity contribution in [1.82, 2.24) is 9.55 Å². The first-order chi connectivity index (χ1) is 13.0. The van der Waals surface area contributed by atoms with Crippen LogP contribution < -0.4 is 11.2 Å². The Morgan fingerprint density at radius 1 is 1.41 bits per heavy atom. The molecular weight excluding hydrogens is 354 g/mol. The van der Waals surface area contributed by atoms with Gasteiger partial charge in [-0.15, -0.1) is 0 Å². The molecule has 1 N–H and O–H groups in total. The van der Waals surface area contributed by atoms with Gasteiger partial charge in [-0.25, -0.2) is 9.59 Å². The maximum atomic E-state index is 12.1. The molecule has 1 aromatic heterocycles.